The quantitative estimate of drug-likeness (QED) is 0.454. The summed E-state index contributed by atoms with van der Waals surface area (Å²) < 4.78 is 5.81. The van der Waals surface area contributed by atoms with Crippen molar-refractivity contribution < 1.29 is 4.42 Å². The van der Waals surface area contributed by atoms with E-state index < -0.39 is 0 Å². The van der Waals surface area contributed by atoms with Crippen LogP contribution in [0.5, 0.6) is 0 Å². The van der Waals surface area contributed by atoms with Crippen molar-refractivity contribution in [2.24, 2.45) is 0 Å². The van der Waals surface area contributed by atoms with Crippen LogP contribution in [0.3, 0.4) is 0 Å². The smallest absolute Gasteiger partial charge is 0.153 e. The van der Waals surface area contributed by atoms with Gasteiger partial charge in [0.15, 0.2) is 5.58 Å². The highest BCUT2D eigenvalue weighted by Crippen LogP contribution is 2.30. The molecule has 0 N–H and O–H groups in total. The molecule has 4 heteroatoms. The van der Waals surface area contributed by atoms with Crippen molar-refractivity contribution in [3.05, 3.63) is 67.0 Å². The van der Waals surface area contributed by atoms with Crippen LogP contribution in [0.2, 0.25) is 0 Å². The minimum atomic E-state index is 0.760. The molecular formula is C19H11N3O. The zero-order valence-corrected chi connectivity index (χ0v) is 12.1. The van der Waals surface area contributed by atoms with E-state index in [-0.39, 0.29) is 0 Å². The van der Waals surface area contributed by atoms with Gasteiger partial charge in [0, 0.05) is 10.8 Å². The SMILES string of the molecule is c1ccc2nc(-c3cc4c(cn3)oc3ccccc34)cnc2c1. The first-order valence-corrected chi connectivity index (χ1v) is 7.38. The average Bonchev–Trinajstić information content (AvgIpc) is 2.99. The number of hydrogen-bond donors (Lipinski definition) is 0. The molecule has 0 aliphatic carbocycles. The lowest BCUT2D eigenvalue weighted by atomic mass is 10.1. The van der Waals surface area contributed by atoms with Crippen LogP contribution < -0.4 is 0 Å². The molecule has 23 heavy (non-hydrogen) atoms. The van der Waals surface area contributed by atoms with Gasteiger partial charge in [-0.3, -0.25) is 9.97 Å². The second kappa shape index (κ2) is 4.61. The van der Waals surface area contributed by atoms with Crippen LogP contribution in [0.1, 0.15) is 0 Å². The Hall–Kier alpha value is -3.27. The number of fused-ring (bicyclic) bond motifs is 4. The van der Waals surface area contributed by atoms with E-state index in [1.54, 1.807) is 12.4 Å². The Morgan fingerprint density at radius 1 is 0.652 bits per heavy atom. The number of nitrogens with zero attached hydrogens (tertiary/aromatic N) is 3. The second-order valence-corrected chi connectivity index (χ2v) is 5.41. The van der Waals surface area contributed by atoms with E-state index >= 15 is 0 Å². The van der Waals surface area contributed by atoms with Crippen LogP contribution in [-0.4, -0.2) is 15.0 Å². The zero-order chi connectivity index (χ0) is 15.2. The van der Waals surface area contributed by atoms with Crippen molar-refractivity contribution in [1.29, 1.82) is 0 Å². The molecule has 0 radical (unpaired) electrons. The molecule has 2 aromatic carbocycles. The number of aromatic nitrogens is 3. The Balaban J connectivity index is 1.76. The van der Waals surface area contributed by atoms with Crippen LogP contribution >= 0.6 is 0 Å². The lowest BCUT2D eigenvalue weighted by molar-refractivity contribution is 0.667. The van der Waals surface area contributed by atoms with E-state index in [0.29, 0.717) is 0 Å². The molecule has 0 bridgehead atoms. The number of benzene rings is 2. The van der Waals surface area contributed by atoms with Gasteiger partial charge in [0.05, 0.1) is 29.1 Å². The summed E-state index contributed by atoms with van der Waals surface area (Å²) in [5, 5.41) is 2.13. The van der Waals surface area contributed by atoms with Crippen LogP contribution in [0.4, 0.5) is 0 Å². The maximum absolute atomic E-state index is 5.81. The van der Waals surface area contributed by atoms with Gasteiger partial charge in [-0.25, -0.2) is 4.98 Å². The molecule has 0 unspecified atom stereocenters. The predicted octanol–water partition coefficient (Wildman–Crippen LogP) is 4.59. The Morgan fingerprint density at radius 3 is 2.43 bits per heavy atom. The predicted molar refractivity (Wildman–Crippen MR) is 90.0 cm³/mol. The van der Waals surface area contributed by atoms with E-state index in [1.165, 1.54) is 0 Å². The normalized spacial score (nSPS) is 11.5. The molecule has 3 heterocycles. The van der Waals surface area contributed by atoms with Crippen LogP contribution in [0.15, 0.2) is 71.4 Å². The van der Waals surface area contributed by atoms with Gasteiger partial charge in [-0.05, 0) is 24.3 Å². The van der Waals surface area contributed by atoms with E-state index in [0.717, 1.165) is 44.4 Å². The number of pyridine rings is 1. The Morgan fingerprint density at radius 2 is 1.48 bits per heavy atom. The first-order valence-electron chi connectivity index (χ1n) is 7.38. The Bertz CT molecular complexity index is 1180. The summed E-state index contributed by atoms with van der Waals surface area (Å²) in [6.07, 6.45) is 3.51. The third kappa shape index (κ3) is 1.89. The van der Waals surface area contributed by atoms with Crippen molar-refractivity contribution in [2.45, 2.75) is 0 Å². The summed E-state index contributed by atoms with van der Waals surface area (Å²) in [7, 11) is 0. The molecule has 0 amide bonds. The van der Waals surface area contributed by atoms with Gasteiger partial charge in [-0.2, -0.15) is 0 Å². The standard InChI is InChI=1S/C19H11N3O/c1-4-8-18-12(5-1)13-9-16(21-11-19(13)23-18)17-10-20-14-6-2-3-7-15(14)22-17/h1-11H. The van der Waals surface area contributed by atoms with E-state index in [4.69, 9.17) is 4.42 Å². The molecular weight excluding hydrogens is 286 g/mol. The molecule has 0 aliphatic rings. The minimum absolute atomic E-state index is 0.760. The summed E-state index contributed by atoms with van der Waals surface area (Å²) in [5.74, 6) is 0. The molecule has 3 aromatic heterocycles. The molecule has 0 fully saturated rings. The maximum atomic E-state index is 5.81. The first kappa shape index (κ1) is 12.3. The third-order valence-corrected chi connectivity index (χ3v) is 3.98. The molecule has 0 atom stereocenters. The monoisotopic (exact) mass is 297 g/mol. The van der Waals surface area contributed by atoms with Crippen molar-refractivity contribution >= 4 is 33.0 Å². The summed E-state index contributed by atoms with van der Waals surface area (Å²) >= 11 is 0. The summed E-state index contributed by atoms with van der Waals surface area (Å²) in [6.45, 7) is 0. The average molecular weight is 297 g/mol. The molecule has 5 rings (SSSR count). The van der Waals surface area contributed by atoms with E-state index in [9.17, 15) is 0 Å². The van der Waals surface area contributed by atoms with E-state index in [1.807, 2.05) is 48.5 Å². The molecule has 5 aromatic rings. The van der Waals surface area contributed by atoms with Gasteiger partial charge in [0.1, 0.15) is 11.3 Å². The maximum Gasteiger partial charge on any atom is 0.153 e. The minimum Gasteiger partial charge on any atom is -0.454 e. The summed E-state index contributed by atoms with van der Waals surface area (Å²) in [6, 6.07) is 17.8. The fourth-order valence-electron chi connectivity index (χ4n) is 2.85. The highest BCUT2D eigenvalue weighted by Gasteiger charge is 2.10. The van der Waals surface area contributed by atoms with Gasteiger partial charge >= 0.3 is 0 Å². The highest BCUT2D eigenvalue weighted by atomic mass is 16.3. The van der Waals surface area contributed by atoms with Crippen LogP contribution in [-0.2, 0) is 0 Å². The van der Waals surface area contributed by atoms with Crippen LogP contribution in [0.25, 0.3) is 44.4 Å². The van der Waals surface area contributed by atoms with Gasteiger partial charge in [-0.15, -0.1) is 0 Å². The largest absolute Gasteiger partial charge is 0.454 e. The molecule has 0 aliphatic heterocycles. The molecule has 0 saturated heterocycles. The zero-order valence-electron chi connectivity index (χ0n) is 12.1. The van der Waals surface area contributed by atoms with Crippen molar-refractivity contribution in [3.8, 4) is 11.4 Å². The first-order chi connectivity index (χ1) is 11.4. The van der Waals surface area contributed by atoms with Crippen molar-refractivity contribution in [3.63, 3.8) is 0 Å². The number of furan rings is 1. The number of hydrogen-bond acceptors (Lipinski definition) is 4. The van der Waals surface area contributed by atoms with Gasteiger partial charge in [0.2, 0.25) is 0 Å². The molecule has 4 nitrogen and oxygen atoms in total. The lowest BCUT2D eigenvalue weighted by Crippen LogP contribution is -1.90. The lowest BCUT2D eigenvalue weighted by Gasteiger charge is -2.02. The fraction of sp³-hybridized carbons (Fsp3) is 0. The molecule has 0 spiro atoms. The molecule has 108 valence electrons. The Kier molecular flexibility index (Phi) is 2.46. The van der Waals surface area contributed by atoms with Crippen LogP contribution in [0, 0.1) is 0 Å². The van der Waals surface area contributed by atoms with Crippen molar-refractivity contribution in [1.82, 2.24) is 15.0 Å². The fourth-order valence-corrected chi connectivity index (χ4v) is 2.85. The summed E-state index contributed by atoms with van der Waals surface area (Å²) in [5.41, 5.74) is 4.95. The Labute approximate surface area is 131 Å². The summed E-state index contributed by atoms with van der Waals surface area (Å²) in [4.78, 5) is 13.6. The van der Waals surface area contributed by atoms with Crippen molar-refractivity contribution in [2.75, 3.05) is 0 Å². The van der Waals surface area contributed by atoms with Gasteiger partial charge < -0.3 is 4.42 Å². The third-order valence-electron chi connectivity index (χ3n) is 3.98. The molecule has 0 saturated carbocycles. The van der Waals surface area contributed by atoms with Gasteiger partial charge in [0.25, 0.3) is 0 Å². The number of para-hydroxylation sites is 3. The van der Waals surface area contributed by atoms with Gasteiger partial charge in [-0.1, -0.05) is 30.3 Å². The van der Waals surface area contributed by atoms with E-state index in [2.05, 4.69) is 21.0 Å². The highest BCUT2D eigenvalue weighted by molar-refractivity contribution is 6.05. The second-order valence-electron chi connectivity index (χ2n) is 5.41. The topological polar surface area (TPSA) is 51.8 Å². The number of rotatable bonds is 1.